The first-order chi connectivity index (χ1) is 23.2. The van der Waals surface area contributed by atoms with Crippen molar-refractivity contribution in [2.45, 2.75) is 162 Å². The molecule has 0 aromatic rings. The van der Waals surface area contributed by atoms with E-state index >= 15 is 0 Å². The van der Waals surface area contributed by atoms with E-state index < -0.39 is 16.6 Å². The third kappa shape index (κ3) is 8.86. The van der Waals surface area contributed by atoms with Crippen LogP contribution in [0.25, 0.3) is 0 Å². The predicted molar refractivity (Wildman–Crippen MR) is 195 cm³/mol. The third-order valence-electron chi connectivity index (χ3n) is 13.8. The van der Waals surface area contributed by atoms with E-state index in [2.05, 4.69) is 47.0 Å². The van der Waals surface area contributed by atoms with Crippen LogP contribution in [0.15, 0.2) is 0 Å². The van der Waals surface area contributed by atoms with E-state index in [4.69, 9.17) is 31.8 Å². The van der Waals surface area contributed by atoms with E-state index in [9.17, 15) is 4.79 Å². The molecule has 270 valence electrons. The summed E-state index contributed by atoms with van der Waals surface area (Å²) in [6, 6.07) is 2.04. The fraction of sp³-hybridized carbons (Fsp3) is 0.921. The Morgan fingerprint density at radius 1 is 0.915 bits per heavy atom. The lowest BCUT2D eigenvalue weighted by molar-refractivity contribution is -0.169. The molecule has 0 aromatic carbocycles. The number of hydrogen-bond acceptors (Lipinski definition) is 7. The molecule has 7 nitrogen and oxygen atoms in total. The lowest BCUT2D eigenvalue weighted by atomic mass is 9.43. The van der Waals surface area contributed by atoms with E-state index in [1.165, 1.54) is 38.5 Å². The molecule has 10 atom stereocenters. The Morgan fingerprint density at radius 3 is 2.17 bits per heavy atom. The first-order valence-corrected chi connectivity index (χ1v) is 25.3. The monoisotopic (exact) mass is 697 g/mol. The van der Waals surface area contributed by atoms with Crippen LogP contribution in [0, 0.1) is 69.4 Å². The maximum absolute atomic E-state index is 12.3. The van der Waals surface area contributed by atoms with Gasteiger partial charge in [-0.2, -0.15) is 10.5 Å². The van der Waals surface area contributed by atoms with Gasteiger partial charge in [0.25, 0.3) is 12.5 Å². The normalized spacial score (nSPS) is 36.0. The molecular formula is C38H70N2O5Si2. The summed E-state index contributed by atoms with van der Waals surface area (Å²) >= 11 is 0. The number of nitriles is 2. The standard InChI is InChI=1S/C38H66N2O5Si2.2H2/c1-9-30(41)14-12-28(2)33-16-17-34-32-15-13-29-24-31(44-46(5,6)22-10-20-42-26-39)18-19-37(29,3)35(32)25-36(38(33,34)4)45-47(7,8)23-11-21-43-27-40;;/h28-29,31-36H,9-25H2,1-8H3;2*1H/t28-,29-,31-,32+,33-,34+,35+,36+,37+,38-;;/m1../s1/i;1+2T;1+2. The van der Waals surface area contributed by atoms with E-state index in [1.54, 1.807) is 6.26 Å². The van der Waals surface area contributed by atoms with Crippen LogP contribution in [0.1, 0.15) is 116 Å². The summed E-state index contributed by atoms with van der Waals surface area (Å²) in [4.78, 5) is 12.3. The fourth-order valence-electron chi connectivity index (χ4n) is 11.4. The van der Waals surface area contributed by atoms with Gasteiger partial charge in [0.1, 0.15) is 19.0 Å². The molecule has 47 heavy (non-hydrogen) atoms. The van der Waals surface area contributed by atoms with E-state index in [0.717, 1.165) is 50.1 Å². The minimum Gasteiger partial charge on any atom is -0.428 e. The highest BCUT2D eigenvalue weighted by atomic mass is 28.4. The van der Waals surface area contributed by atoms with Crippen LogP contribution >= 0.6 is 0 Å². The van der Waals surface area contributed by atoms with E-state index in [-0.39, 0.29) is 12.9 Å². The number of ether oxygens (including phenoxy) is 2. The first kappa shape index (κ1) is 36.9. The Bertz CT molecular complexity index is 1150. The average molecular weight is 697 g/mol. The fourth-order valence-corrected chi connectivity index (χ4v) is 15.8. The predicted octanol–water partition coefficient (Wildman–Crippen LogP) is 10.1. The van der Waals surface area contributed by atoms with Gasteiger partial charge in [0.2, 0.25) is 0 Å². The number of rotatable bonds is 17. The van der Waals surface area contributed by atoms with Crippen molar-refractivity contribution in [2.24, 2.45) is 46.3 Å². The van der Waals surface area contributed by atoms with Crippen molar-refractivity contribution in [3.63, 3.8) is 0 Å². The molecule has 4 saturated carbocycles. The minimum absolute atomic E-state index is 0. The maximum atomic E-state index is 12.3. The summed E-state index contributed by atoms with van der Waals surface area (Å²) in [6.07, 6.45) is 18.3. The molecule has 0 heterocycles. The third-order valence-corrected chi connectivity index (χ3v) is 18.9. The smallest absolute Gasteiger partial charge is 0.286 e. The van der Waals surface area contributed by atoms with Crippen molar-refractivity contribution in [1.82, 2.24) is 0 Å². The van der Waals surface area contributed by atoms with Crippen LogP contribution in [-0.4, -0.2) is 47.8 Å². The Kier molecular flexibility index (Phi) is 12.6. The summed E-state index contributed by atoms with van der Waals surface area (Å²) in [5, 5.41) is 17.6. The number of hydrogen-bond donors (Lipinski definition) is 0. The molecule has 0 N–H and O–H groups in total. The number of carbonyl (C=O) groups excluding carboxylic acids is 1. The molecule has 0 aliphatic heterocycles. The first-order valence-electron chi connectivity index (χ1n) is 20.1. The van der Waals surface area contributed by atoms with Gasteiger partial charge in [0.05, 0.1) is 6.10 Å². The molecule has 4 rings (SSSR count). The molecule has 4 fully saturated rings. The average Bonchev–Trinajstić information content (AvgIpc) is 3.43. The van der Waals surface area contributed by atoms with Gasteiger partial charge in [0, 0.05) is 23.3 Å². The largest absolute Gasteiger partial charge is 0.428 e. The van der Waals surface area contributed by atoms with Gasteiger partial charge in [0.15, 0.2) is 16.6 Å². The van der Waals surface area contributed by atoms with Gasteiger partial charge in [-0.3, -0.25) is 4.79 Å². The number of fused-ring (bicyclic) bond motifs is 5. The SMILES string of the molecule is CCC(=O)CC[C@@H](C)[C@H]1CC[C@H]2[C@@H]3CC[C@@H]4C[C@H](O[Si](C)(C)CCCOC#N)CC[C@]4(C)[C@H]3C[C@H](O[Si](C)(C)CCCOC#N)[C@]12C.[3HH].[3H][3H]. The van der Waals surface area contributed by atoms with Crippen molar-refractivity contribution in [1.29, 1.82) is 10.5 Å². The molecule has 0 amide bonds. The second kappa shape index (κ2) is 16.1. The molecule has 0 saturated heterocycles. The van der Waals surface area contributed by atoms with Crippen molar-refractivity contribution >= 4 is 22.4 Å². The van der Waals surface area contributed by atoms with Crippen molar-refractivity contribution in [2.75, 3.05) is 13.2 Å². The summed E-state index contributed by atoms with van der Waals surface area (Å²) in [5.74, 6) is 4.33. The Labute approximate surface area is 293 Å². The minimum atomic E-state index is -2.02. The van der Waals surface area contributed by atoms with E-state index in [1.807, 2.05) is 13.2 Å². The summed E-state index contributed by atoms with van der Waals surface area (Å²) < 4.78 is 34.4. The lowest BCUT2D eigenvalue weighted by Gasteiger charge is -2.64. The van der Waals surface area contributed by atoms with Gasteiger partial charge < -0.3 is 18.3 Å². The van der Waals surface area contributed by atoms with Crippen LogP contribution in [0.4, 0.5) is 0 Å². The molecular weight excluding hydrogens is 621 g/mol. The van der Waals surface area contributed by atoms with E-state index in [0.29, 0.717) is 72.9 Å². The molecule has 0 radical (unpaired) electrons. The summed E-state index contributed by atoms with van der Waals surface area (Å²) in [7, 11) is -3.84. The van der Waals surface area contributed by atoms with Crippen LogP contribution in [0.3, 0.4) is 0 Å². The maximum Gasteiger partial charge on any atom is 0.286 e. The molecule has 0 spiro atoms. The summed E-state index contributed by atoms with van der Waals surface area (Å²) in [5.41, 5.74) is 0.458. The molecule has 0 aromatic heterocycles. The molecule has 4 aliphatic carbocycles. The molecule has 4 aliphatic rings. The highest BCUT2D eigenvalue weighted by Crippen LogP contribution is 2.69. The van der Waals surface area contributed by atoms with Gasteiger partial charge in [-0.15, -0.1) is 0 Å². The second-order valence-electron chi connectivity index (χ2n) is 17.6. The lowest BCUT2D eigenvalue weighted by Crippen LogP contribution is -2.61. The zero-order chi connectivity index (χ0) is 36.5. The second-order valence-corrected chi connectivity index (χ2v) is 26.1. The van der Waals surface area contributed by atoms with Crippen LogP contribution in [0.2, 0.25) is 38.3 Å². The van der Waals surface area contributed by atoms with Crippen LogP contribution < -0.4 is 0 Å². The number of Topliss-reactive ketones (excluding diaryl/α,β-unsaturated/α-hetero) is 1. The quantitative estimate of drug-likeness (QED) is 0.0847. The molecule has 0 unspecified atom stereocenters. The van der Waals surface area contributed by atoms with Gasteiger partial charge in [-0.05, 0) is 155 Å². The summed E-state index contributed by atoms with van der Waals surface area (Å²) in [6.45, 7) is 20.1. The van der Waals surface area contributed by atoms with Crippen LogP contribution in [-0.2, 0) is 23.1 Å². The topological polar surface area (TPSA) is 102 Å². The van der Waals surface area contributed by atoms with Crippen molar-refractivity contribution in [3.05, 3.63) is 0 Å². The zero-order valence-corrected chi connectivity index (χ0v) is 33.1. The Balaban J connectivity index is 0.00000284. The Hall–Kier alpha value is -1.40. The number of nitrogens with zero attached hydrogens (tertiary/aromatic N) is 2. The highest BCUT2D eigenvalue weighted by Gasteiger charge is 2.64. The van der Waals surface area contributed by atoms with Crippen molar-refractivity contribution < 1.29 is 27.5 Å². The number of ketones is 1. The molecule has 9 heteroatoms. The Morgan fingerprint density at radius 2 is 1.55 bits per heavy atom. The number of carbonyl (C=O) groups is 1. The van der Waals surface area contributed by atoms with Gasteiger partial charge >= 0.3 is 0 Å². The van der Waals surface area contributed by atoms with Gasteiger partial charge in [-0.25, -0.2) is 0 Å². The zero-order valence-electron chi connectivity index (χ0n) is 33.1. The van der Waals surface area contributed by atoms with Gasteiger partial charge in [-0.1, -0.05) is 27.7 Å². The highest BCUT2D eigenvalue weighted by molar-refractivity contribution is 6.71. The molecule has 0 bridgehead atoms. The van der Waals surface area contributed by atoms with Crippen LogP contribution in [0.5, 0.6) is 0 Å². The van der Waals surface area contributed by atoms with Crippen molar-refractivity contribution in [3.8, 4) is 12.5 Å².